The first kappa shape index (κ1) is 25.5. The molecule has 0 aliphatic rings. The van der Waals surface area contributed by atoms with E-state index in [1.54, 1.807) is 0 Å². The minimum absolute atomic E-state index is 0.0111. The van der Waals surface area contributed by atoms with Gasteiger partial charge in [-0.25, -0.2) is 4.98 Å². The maximum absolute atomic E-state index is 12.8. The van der Waals surface area contributed by atoms with E-state index >= 15 is 0 Å². The molecule has 0 aliphatic heterocycles. The summed E-state index contributed by atoms with van der Waals surface area (Å²) in [6.07, 6.45) is 0.491. The van der Waals surface area contributed by atoms with E-state index in [0.29, 0.717) is 13.0 Å². The quantitative estimate of drug-likeness (QED) is 0.323. The van der Waals surface area contributed by atoms with E-state index in [9.17, 15) is 4.79 Å². The Hall–Kier alpha value is -3.60. The van der Waals surface area contributed by atoms with Crippen LogP contribution in [0.15, 0.2) is 66.7 Å². The lowest BCUT2D eigenvalue weighted by atomic mass is 9.90. The van der Waals surface area contributed by atoms with Gasteiger partial charge in [0.05, 0.1) is 0 Å². The topological polar surface area (TPSA) is 51.9 Å². The number of benzene rings is 1. The average molecular weight is 483 g/mol. The maximum Gasteiger partial charge on any atom is 0.220 e. The molecule has 3 aromatic heterocycles. The number of nitrogens with one attached hydrogen (secondary N) is 1. The number of hydrogen-bond acceptors (Lipinski definition) is 2. The molecule has 188 valence electrons. The molecule has 5 nitrogen and oxygen atoms in total. The second-order valence-corrected chi connectivity index (χ2v) is 11.0. The highest BCUT2D eigenvalue weighted by molar-refractivity contribution is 5.76. The Morgan fingerprint density at radius 2 is 1.25 bits per heavy atom. The third kappa shape index (κ3) is 5.62. The van der Waals surface area contributed by atoms with Crippen molar-refractivity contribution in [3.8, 4) is 11.6 Å². The molecule has 3 heterocycles. The number of amides is 1. The second-order valence-electron chi connectivity index (χ2n) is 11.0. The number of pyridine rings is 1. The van der Waals surface area contributed by atoms with Crippen molar-refractivity contribution in [1.82, 2.24) is 19.4 Å². The summed E-state index contributed by atoms with van der Waals surface area (Å²) >= 11 is 0. The van der Waals surface area contributed by atoms with E-state index in [4.69, 9.17) is 4.98 Å². The molecule has 0 radical (unpaired) electrons. The zero-order chi connectivity index (χ0) is 26.0. The third-order valence-corrected chi connectivity index (χ3v) is 6.62. The van der Waals surface area contributed by atoms with Gasteiger partial charge in [0, 0.05) is 41.7 Å². The van der Waals surface area contributed by atoms with Gasteiger partial charge in [-0.05, 0) is 80.6 Å². The van der Waals surface area contributed by atoms with Crippen LogP contribution in [-0.2, 0) is 4.79 Å². The highest BCUT2D eigenvalue weighted by Crippen LogP contribution is 2.29. The number of hydrogen-bond donors (Lipinski definition) is 1. The molecule has 1 amide bonds. The van der Waals surface area contributed by atoms with E-state index in [1.165, 1.54) is 5.56 Å². The molecule has 0 spiro atoms. The molecule has 1 atom stereocenters. The van der Waals surface area contributed by atoms with Crippen molar-refractivity contribution in [3.63, 3.8) is 0 Å². The molecule has 0 saturated carbocycles. The third-order valence-electron chi connectivity index (χ3n) is 6.62. The molecule has 1 unspecified atom stereocenters. The van der Waals surface area contributed by atoms with Crippen LogP contribution in [0.5, 0.6) is 0 Å². The summed E-state index contributed by atoms with van der Waals surface area (Å²) < 4.78 is 4.39. The largest absolute Gasteiger partial charge is 0.355 e. The smallest absolute Gasteiger partial charge is 0.220 e. The molecule has 0 bridgehead atoms. The van der Waals surface area contributed by atoms with Crippen LogP contribution >= 0.6 is 0 Å². The minimum Gasteiger partial charge on any atom is -0.355 e. The van der Waals surface area contributed by atoms with Gasteiger partial charge in [-0.3, -0.25) is 4.79 Å². The molecule has 4 rings (SSSR count). The van der Waals surface area contributed by atoms with E-state index < -0.39 is 0 Å². The molecule has 0 aliphatic carbocycles. The van der Waals surface area contributed by atoms with Crippen molar-refractivity contribution in [2.45, 2.75) is 60.8 Å². The number of carbonyl (C=O) groups is 1. The molecule has 0 fully saturated rings. The highest BCUT2D eigenvalue weighted by atomic mass is 16.1. The van der Waals surface area contributed by atoms with Crippen molar-refractivity contribution >= 4 is 5.91 Å². The van der Waals surface area contributed by atoms with Crippen molar-refractivity contribution in [2.24, 2.45) is 5.41 Å². The van der Waals surface area contributed by atoms with Gasteiger partial charge in [-0.15, -0.1) is 0 Å². The second kappa shape index (κ2) is 10.2. The fourth-order valence-corrected chi connectivity index (χ4v) is 4.89. The van der Waals surface area contributed by atoms with E-state index in [1.807, 2.05) is 6.07 Å². The Morgan fingerprint density at radius 3 is 1.69 bits per heavy atom. The normalized spacial score (nSPS) is 12.5. The highest BCUT2D eigenvalue weighted by Gasteiger charge is 2.22. The van der Waals surface area contributed by atoms with Gasteiger partial charge in [-0.1, -0.05) is 51.1 Å². The molecular weight excluding hydrogens is 444 g/mol. The van der Waals surface area contributed by atoms with Crippen LogP contribution < -0.4 is 5.32 Å². The van der Waals surface area contributed by atoms with Crippen LogP contribution in [0.3, 0.4) is 0 Å². The van der Waals surface area contributed by atoms with Crippen LogP contribution in [0.25, 0.3) is 11.6 Å². The lowest BCUT2D eigenvalue weighted by molar-refractivity contribution is -0.122. The molecule has 0 saturated heterocycles. The monoisotopic (exact) mass is 482 g/mol. The molecule has 1 N–H and O–H groups in total. The lowest BCUT2D eigenvalue weighted by Gasteiger charge is -2.23. The molecule has 5 heteroatoms. The summed E-state index contributed by atoms with van der Waals surface area (Å²) in [6.45, 7) is 15.2. The predicted octanol–water partition coefficient (Wildman–Crippen LogP) is 6.58. The van der Waals surface area contributed by atoms with Crippen LogP contribution in [0.1, 0.15) is 67.0 Å². The molecule has 36 heavy (non-hydrogen) atoms. The van der Waals surface area contributed by atoms with Crippen molar-refractivity contribution in [3.05, 3.63) is 101 Å². The van der Waals surface area contributed by atoms with Gasteiger partial charge in [0.1, 0.15) is 11.6 Å². The summed E-state index contributed by atoms with van der Waals surface area (Å²) in [5.74, 6) is 1.84. The first-order chi connectivity index (χ1) is 17.0. The van der Waals surface area contributed by atoms with E-state index in [0.717, 1.165) is 40.0 Å². The fourth-order valence-electron chi connectivity index (χ4n) is 4.89. The predicted molar refractivity (Wildman–Crippen MR) is 147 cm³/mol. The Kier molecular flexibility index (Phi) is 7.21. The molecular formula is C31H38N4O. The molecule has 1 aromatic carbocycles. The summed E-state index contributed by atoms with van der Waals surface area (Å²) in [6, 6.07) is 23.3. The van der Waals surface area contributed by atoms with Crippen molar-refractivity contribution in [2.75, 3.05) is 6.54 Å². The Labute approximate surface area is 215 Å². The first-order valence-electron chi connectivity index (χ1n) is 12.7. The Morgan fingerprint density at radius 1 is 0.778 bits per heavy atom. The van der Waals surface area contributed by atoms with Gasteiger partial charge in [0.25, 0.3) is 0 Å². The Balaban J connectivity index is 1.85. The van der Waals surface area contributed by atoms with Gasteiger partial charge >= 0.3 is 0 Å². The number of aromatic nitrogens is 3. The van der Waals surface area contributed by atoms with Crippen LogP contribution in [0, 0.1) is 33.1 Å². The van der Waals surface area contributed by atoms with E-state index in [2.05, 4.69) is 124 Å². The van der Waals surface area contributed by atoms with Crippen molar-refractivity contribution in [1.29, 1.82) is 0 Å². The number of aryl methyl sites for hydroxylation is 4. The Bertz CT molecular complexity index is 1250. The van der Waals surface area contributed by atoms with Gasteiger partial charge < -0.3 is 14.5 Å². The lowest BCUT2D eigenvalue weighted by Crippen LogP contribution is -2.31. The summed E-state index contributed by atoms with van der Waals surface area (Å²) in [5, 5.41) is 3.22. The van der Waals surface area contributed by atoms with Gasteiger partial charge in [0.2, 0.25) is 5.91 Å². The number of rotatable bonds is 7. The summed E-state index contributed by atoms with van der Waals surface area (Å²) in [4.78, 5) is 17.9. The SMILES string of the molecule is Cc1ccc(C)n1-c1cc(C(CNC(=O)CC(C)(C)C)c2ccccc2)cc(-n2c(C)ccc2C)n1. The van der Waals surface area contributed by atoms with Gasteiger partial charge in [-0.2, -0.15) is 0 Å². The van der Waals surface area contributed by atoms with Gasteiger partial charge in [0.15, 0.2) is 0 Å². The minimum atomic E-state index is -0.0592. The van der Waals surface area contributed by atoms with Crippen LogP contribution in [0.4, 0.5) is 0 Å². The first-order valence-corrected chi connectivity index (χ1v) is 12.7. The number of carbonyl (C=O) groups excluding carboxylic acids is 1. The molecule has 4 aromatic rings. The van der Waals surface area contributed by atoms with Crippen molar-refractivity contribution < 1.29 is 4.79 Å². The van der Waals surface area contributed by atoms with E-state index in [-0.39, 0.29) is 17.2 Å². The fraction of sp³-hybridized carbons (Fsp3) is 0.355. The standard InChI is InChI=1S/C31H38N4O/c1-21-13-14-22(2)34(21)28-17-26(18-29(33-28)35-23(3)15-16-24(35)4)27(25-11-9-8-10-12-25)20-32-30(36)19-31(5,6)7/h8-18,27H,19-20H2,1-7H3,(H,32,36). The van der Waals surface area contributed by atoms with Crippen LogP contribution in [0.2, 0.25) is 0 Å². The summed E-state index contributed by atoms with van der Waals surface area (Å²) in [5.41, 5.74) is 6.78. The zero-order valence-electron chi connectivity index (χ0n) is 22.6. The van der Waals surface area contributed by atoms with Crippen LogP contribution in [-0.4, -0.2) is 26.6 Å². The maximum atomic E-state index is 12.8. The number of nitrogens with zero attached hydrogens (tertiary/aromatic N) is 3. The average Bonchev–Trinajstić information content (AvgIpc) is 3.33. The zero-order valence-corrected chi connectivity index (χ0v) is 22.6. The summed E-state index contributed by atoms with van der Waals surface area (Å²) in [7, 11) is 0.